The summed E-state index contributed by atoms with van der Waals surface area (Å²) < 4.78 is 22.5. The Balaban J connectivity index is 3.45. The van der Waals surface area contributed by atoms with Gasteiger partial charge in [-0.3, -0.25) is 0 Å². The number of benzene rings is 1. The number of hydrogen-bond donors (Lipinski definition) is 2. The van der Waals surface area contributed by atoms with Gasteiger partial charge in [0.15, 0.2) is 5.96 Å². The van der Waals surface area contributed by atoms with E-state index in [0.717, 1.165) is 12.0 Å². The lowest BCUT2D eigenvalue weighted by Gasteiger charge is -2.04. The van der Waals surface area contributed by atoms with Crippen LogP contribution in [0.3, 0.4) is 0 Å². The van der Waals surface area contributed by atoms with Gasteiger partial charge < -0.3 is 11.5 Å². The SMILES string of the molecule is CCc1ccc(S(=O)(=O)Cl)c(N=C(N)N)c1. The topological polar surface area (TPSA) is 98.5 Å². The van der Waals surface area contributed by atoms with Gasteiger partial charge >= 0.3 is 0 Å². The largest absolute Gasteiger partial charge is 0.370 e. The number of halogens is 1. The van der Waals surface area contributed by atoms with Gasteiger partial charge in [0.25, 0.3) is 9.05 Å². The van der Waals surface area contributed by atoms with E-state index in [4.69, 9.17) is 22.1 Å². The number of nitrogens with two attached hydrogens (primary N) is 2. The molecule has 0 spiro atoms. The van der Waals surface area contributed by atoms with Crippen LogP contribution in [0, 0.1) is 0 Å². The second-order valence-electron chi connectivity index (χ2n) is 3.13. The van der Waals surface area contributed by atoms with Gasteiger partial charge in [-0.15, -0.1) is 0 Å². The highest BCUT2D eigenvalue weighted by Crippen LogP contribution is 2.28. The number of rotatable bonds is 3. The van der Waals surface area contributed by atoms with Crippen molar-refractivity contribution in [3.8, 4) is 0 Å². The first-order valence-electron chi connectivity index (χ1n) is 4.52. The van der Waals surface area contributed by atoms with Crippen molar-refractivity contribution in [1.82, 2.24) is 0 Å². The predicted octanol–water partition coefficient (Wildman–Crippen LogP) is 1.08. The molecule has 5 nitrogen and oxygen atoms in total. The second-order valence-corrected chi connectivity index (χ2v) is 5.66. The Bertz CT molecular complexity index is 522. The lowest BCUT2D eigenvalue weighted by Crippen LogP contribution is -2.22. The van der Waals surface area contributed by atoms with Crippen LogP contribution in [0.25, 0.3) is 0 Å². The maximum atomic E-state index is 11.2. The Labute approximate surface area is 98.5 Å². The van der Waals surface area contributed by atoms with Gasteiger partial charge in [-0.1, -0.05) is 13.0 Å². The molecule has 4 N–H and O–H groups in total. The Morgan fingerprint density at radius 2 is 2.06 bits per heavy atom. The van der Waals surface area contributed by atoms with Gasteiger partial charge in [-0.2, -0.15) is 0 Å². The molecule has 0 aliphatic heterocycles. The summed E-state index contributed by atoms with van der Waals surface area (Å²) >= 11 is 0. The first-order chi connectivity index (χ1) is 7.34. The van der Waals surface area contributed by atoms with Crippen LogP contribution in [0.4, 0.5) is 5.69 Å². The van der Waals surface area contributed by atoms with Crippen molar-refractivity contribution in [3.63, 3.8) is 0 Å². The third-order valence-electron chi connectivity index (χ3n) is 1.94. The minimum Gasteiger partial charge on any atom is -0.370 e. The summed E-state index contributed by atoms with van der Waals surface area (Å²) in [5.41, 5.74) is 11.5. The Morgan fingerprint density at radius 3 is 2.50 bits per heavy atom. The predicted molar refractivity (Wildman–Crippen MR) is 64.3 cm³/mol. The molecule has 0 heterocycles. The molecule has 1 aromatic rings. The average molecular weight is 262 g/mol. The fourth-order valence-electron chi connectivity index (χ4n) is 1.22. The Hall–Kier alpha value is -1.27. The van der Waals surface area contributed by atoms with E-state index >= 15 is 0 Å². The molecule has 0 bridgehead atoms. The number of aryl methyl sites for hydroxylation is 1. The molecule has 7 heteroatoms. The third-order valence-corrected chi connectivity index (χ3v) is 3.31. The normalized spacial score (nSPS) is 11.1. The highest BCUT2D eigenvalue weighted by molar-refractivity contribution is 8.13. The number of hydrogen-bond acceptors (Lipinski definition) is 3. The van der Waals surface area contributed by atoms with Crippen molar-refractivity contribution < 1.29 is 8.42 Å². The fourth-order valence-corrected chi connectivity index (χ4v) is 2.19. The summed E-state index contributed by atoms with van der Waals surface area (Å²) in [5.74, 6) is -0.213. The molecule has 0 unspecified atom stereocenters. The summed E-state index contributed by atoms with van der Waals surface area (Å²) in [4.78, 5) is 3.65. The summed E-state index contributed by atoms with van der Waals surface area (Å²) in [5, 5.41) is 0. The molecule has 0 fully saturated rings. The van der Waals surface area contributed by atoms with Crippen molar-refractivity contribution in [3.05, 3.63) is 23.8 Å². The van der Waals surface area contributed by atoms with Gasteiger partial charge in [0.05, 0.1) is 5.69 Å². The van der Waals surface area contributed by atoms with Gasteiger partial charge in [0.1, 0.15) is 4.90 Å². The van der Waals surface area contributed by atoms with Crippen LogP contribution < -0.4 is 11.5 Å². The molecule has 1 rings (SSSR count). The molecular formula is C9H12ClN3O2S. The van der Waals surface area contributed by atoms with E-state index < -0.39 is 9.05 Å². The van der Waals surface area contributed by atoms with E-state index in [9.17, 15) is 8.42 Å². The van der Waals surface area contributed by atoms with Crippen LogP contribution in [0.1, 0.15) is 12.5 Å². The first-order valence-corrected chi connectivity index (χ1v) is 6.82. The zero-order chi connectivity index (χ0) is 12.3. The molecule has 0 aliphatic rings. The van der Waals surface area contributed by atoms with Crippen LogP contribution in [0.2, 0.25) is 0 Å². The summed E-state index contributed by atoms with van der Waals surface area (Å²) in [6.45, 7) is 1.93. The van der Waals surface area contributed by atoms with Crippen LogP contribution in [0.5, 0.6) is 0 Å². The smallest absolute Gasteiger partial charge is 0.263 e. The van der Waals surface area contributed by atoms with Crippen LogP contribution in [0.15, 0.2) is 28.1 Å². The van der Waals surface area contributed by atoms with Crippen molar-refractivity contribution >= 4 is 31.4 Å². The van der Waals surface area contributed by atoms with E-state index in [-0.39, 0.29) is 16.5 Å². The first kappa shape index (κ1) is 12.8. The summed E-state index contributed by atoms with van der Waals surface area (Å²) in [7, 11) is 1.41. The van der Waals surface area contributed by atoms with E-state index in [2.05, 4.69) is 4.99 Å². The molecular weight excluding hydrogens is 250 g/mol. The monoisotopic (exact) mass is 261 g/mol. The molecule has 0 saturated heterocycles. The highest BCUT2D eigenvalue weighted by Gasteiger charge is 2.15. The van der Waals surface area contributed by atoms with Crippen LogP contribution >= 0.6 is 10.7 Å². The molecule has 16 heavy (non-hydrogen) atoms. The van der Waals surface area contributed by atoms with Gasteiger partial charge in [0, 0.05) is 10.7 Å². The number of aliphatic imine (C=N–C) groups is 1. The minimum absolute atomic E-state index is 0.0974. The van der Waals surface area contributed by atoms with E-state index in [1.165, 1.54) is 6.07 Å². The van der Waals surface area contributed by atoms with E-state index in [0.29, 0.717) is 0 Å². The quantitative estimate of drug-likeness (QED) is 0.483. The molecule has 0 saturated carbocycles. The number of guanidine groups is 1. The molecule has 1 aromatic carbocycles. The molecule has 0 amide bonds. The molecule has 0 atom stereocenters. The number of nitrogens with zero attached hydrogens (tertiary/aromatic N) is 1. The summed E-state index contributed by atoms with van der Waals surface area (Å²) in [6, 6.07) is 4.65. The highest BCUT2D eigenvalue weighted by atomic mass is 35.7. The van der Waals surface area contributed by atoms with E-state index in [1.54, 1.807) is 12.1 Å². The van der Waals surface area contributed by atoms with Gasteiger partial charge in [-0.25, -0.2) is 13.4 Å². The van der Waals surface area contributed by atoms with Gasteiger partial charge in [-0.05, 0) is 24.1 Å². The lowest BCUT2D eigenvalue weighted by atomic mass is 10.1. The molecule has 88 valence electrons. The second kappa shape index (κ2) is 4.71. The maximum Gasteiger partial charge on any atom is 0.263 e. The van der Waals surface area contributed by atoms with Crippen molar-refractivity contribution in [1.29, 1.82) is 0 Å². The molecule has 0 aromatic heterocycles. The van der Waals surface area contributed by atoms with Crippen molar-refractivity contribution in [2.24, 2.45) is 16.5 Å². The lowest BCUT2D eigenvalue weighted by molar-refractivity contribution is 0.610. The van der Waals surface area contributed by atoms with Gasteiger partial charge in [0.2, 0.25) is 0 Å². The average Bonchev–Trinajstić information content (AvgIpc) is 2.14. The van der Waals surface area contributed by atoms with Crippen molar-refractivity contribution in [2.75, 3.05) is 0 Å². The van der Waals surface area contributed by atoms with Crippen LogP contribution in [-0.4, -0.2) is 14.4 Å². The minimum atomic E-state index is -3.85. The summed E-state index contributed by atoms with van der Waals surface area (Å²) in [6.07, 6.45) is 0.746. The standard InChI is InChI=1S/C9H12ClN3O2S/c1-2-6-3-4-8(16(10,14)15)7(5-6)13-9(11)12/h3-5H,2H2,1H3,(H4,11,12,13). The van der Waals surface area contributed by atoms with Crippen LogP contribution in [-0.2, 0) is 15.5 Å². The zero-order valence-corrected chi connectivity index (χ0v) is 10.2. The fraction of sp³-hybridized carbons (Fsp3) is 0.222. The molecule has 0 aliphatic carbocycles. The Kier molecular flexibility index (Phi) is 3.77. The van der Waals surface area contributed by atoms with Crippen molar-refractivity contribution in [2.45, 2.75) is 18.2 Å². The van der Waals surface area contributed by atoms with E-state index in [1.807, 2.05) is 6.92 Å². The third kappa shape index (κ3) is 3.11. The zero-order valence-electron chi connectivity index (χ0n) is 8.64. The Morgan fingerprint density at radius 1 is 1.44 bits per heavy atom. The maximum absolute atomic E-state index is 11.2. The molecule has 0 radical (unpaired) electrons.